The largest absolute Gasteiger partial charge is 0.398 e. The highest BCUT2D eigenvalue weighted by molar-refractivity contribution is 8.00. The van der Waals surface area contributed by atoms with Crippen LogP contribution in [-0.4, -0.2) is 69.5 Å². The molecule has 2 aliphatic heterocycles. The van der Waals surface area contributed by atoms with Crippen LogP contribution in [0.25, 0.3) is 0 Å². The van der Waals surface area contributed by atoms with Gasteiger partial charge in [0.1, 0.15) is 30.1 Å². The number of aromatic nitrogens is 1. The van der Waals surface area contributed by atoms with Crippen LogP contribution in [0.3, 0.4) is 0 Å². The molecule has 0 aliphatic carbocycles. The summed E-state index contributed by atoms with van der Waals surface area (Å²) in [6, 6.07) is -0.699. The van der Waals surface area contributed by atoms with Gasteiger partial charge >= 0.3 is 0 Å². The first-order chi connectivity index (χ1) is 13.4. The first-order valence-corrected chi connectivity index (χ1v) is 10.7. The second-order valence-electron chi connectivity index (χ2n) is 6.07. The molecule has 0 bridgehead atoms. The van der Waals surface area contributed by atoms with Crippen molar-refractivity contribution < 1.29 is 19.2 Å². The summed E-state index contributed by atoms with van der Waals surface area (Å²) < 4.78 is 0. The van der Waals surface area contributed by atoms with Crippen molar-refractivity contribution in [1.29, 1.82) is 0 Å². The molecule has 0 radical (unpaired) electrons. The Kier molecular flexibility index (Phi) is 6.26. The van der Waals surface area contributed by atoms with Gasteiger partial charge in [-0.15, -0.1) is 34.7 Å². The van der Waals surface area contributed by atoms with Crippen LogP contribution in [0, 0.1) is 0 Å². The predicted octanol–water partition coefficient (Wildman–Crippen LogP) is 1.02. The van der Waals surface area contributed by atoms with E-state index in [2.05, 4.69) is 27.4 Å². The molecule has 0 saturated carbocycles. The highest BCUT2D eigenvalue weighted by Crippen LogP contribution is 2.39. The number of carbonyl (C=O) groups excluding carboxylic acids is 3. The second-order valence-corrected chi connectivity index (χ2v) is 8.30. The van der Waals surface area contributed by atoms with Crippen molar-refractivity contribution in [2.75, 3.05) is 24.1 Å². The van der Waals surface area contributed by atoms with E-state index in [9.17, 15) is 14.4 Å². The van der Waals surface area contributed by atoms with E-state index >= 15 is 0 Å². The molecular weight excluding hydrogens is 426 g/mol. The number of fused-ring (bicyclic) bond motifs is 1. The summed E-state index contributed by atoms with van der Waals surface area (Å²) in [6.07, 6.45) is 0. The minimum atomic E-state index is -0.649. The normalized spacial score (nSPS) is 24.3. The highest BCUT2D eigenvalue weighted by Gasteiger charge is 2.53. The zero-order valence-electron chi connectivity index (χ0n) is 15.1. The van der Waals surface area contributed by atoms with Crippen LogP contribution in [0.4, 0.5) is 5.13 Å². The minimum absolute atomic E-state index is 0.0503. The molecule has 3 amide bonds. The first-order valence-electron chi connectivity index (χ1n) is 8.22. The number of thioether (sulfide) groups is 1. The van der Waals surface area contributed by atoms with Crippen LogP contribution in [0.5, 0.6) is 0 Å². The molecule has 1 aromatic heterocycles. The molecular formula is C16H18ClN5O4S2. The quantitative estimate of drug-likeness (QED) is 0.223. The molecule has 28 heavy (non-hydrogen) atoms. The third-order valence-electron chi connectivity index (χ3n) is 4.33. The Morgan fingerprint density at radius 3 is 2.96 bits per heavy atom. The zero-order valence-corrected chi connectivity index (χ0v) is 17.5. The zero-order chi connectivity index (χ0) is 20.4. The van der Waals surface area contributed by atoms with Gasteiger partial charge in [-0.05, 0) is 12.5 Å². The number of rotatable bonds is 6. The number of nitrogens with one attached hydrogen (secondary N) is 2. The number of anilines is 1. The summed E-state index contributed by atoms with van der Waals surface area (Å²) in [4.78, 5) is 47.2. The standard InChI is InChI=1S/C16H18ClN5O4S2/c1-7-5-27-15-12(14(25)22(15)8(7)2)20-13(24)11(21-26-3)9-6-28-16(18-9)19-10(23)4-17/h6,8,12,15H,1,4-5H2,2-3H3,(H,20,24)(H,18,19,23)/b21-11+. The maximum atomic E-state index is 12.7. The van der Waals surface area contributed by atoms with Crippen LogP contribution in [-0.2, 0) is 19.2 Å². The monoisotopic (exact) mass is 443 g/mol. The maximum absolute atomic E-state index is 12.7. The Balaban J connectivity index is 1.71. The maximum Gasteiger partial charge on any atom is 0.276 e. The number of nitrogens with zero attached hydrogens (tertiary/aromatic N) is 3. The topological polar surface area (TPSA) is 113 Å². The van der Waals surface area contributed by atoms with Gasteiger partial charge in [-0.25, -0.2) is 4.98 Å². The van der Waals surface area contributed by atoms with E-state index in [1.165, 1.54) is 7.11 Å². The van der Waals surface area contributed by atoms with Crippen LogP contribution < -0.4 is 10.6 Å². The van der Waals surface area contributed by atoms with E-state index in [1.54, 1.807) is 22.0 Å². The fourth-order valence-electron chi connectivity index (χ4n) is 2.81. The van der Waals surface area contributed by atoms with E-state index in [0.29, 0.717) is 0 Å². The number of amides is 3. The molecule has 2 fully saturated rings. The van der Waals surface area contributed by atoms with Crippen molar-refractivity contribution in [3.8, 4) is 0 Å². The third kappa shape index (κ3) is 3.87. The SMILES string of the molecule is C=C1CSC2C(NC(=O)/C(=N/OC)c3csc(NC(=O)CCl)n3)C(=O)N2C1C. The van der Waals surface area contributed by atoms with Crippen LogP contribution in [0.15, 0.2) is 22.7 Å². The molecule has 0 aromatic carbocycles. The molecule has 2 N–H and O–H groups in total. The van der Waals surface area contributed by atoms with E-state index in [4.69, 9.17) is 16.4 Å². The Morgan fingerprint density at radius 2 is 2.29 bits per heavy atom. The molecule has 3 heterocycles. The summed E-state index contributed by atoms with van der Waals surface area (Å²) in [5.74, 6) is -0.639. The first kappa shape index (κ1) is 20.6. The second kappa shape index (κ2) is 8.50. The van der Waals surface area contributed by atoms with Gasteiger partial charge in [0.05, 0.1) is 6.04 Å². The van der Waals surface area contributed by atoms with Gasteiger partial charge in [-0.1, -0.05) is 11.7 Å². The third-order valence-corrected chi connectivity index (χ3v) is 6.70. The van der Waals surface area contributed by atoms with Crippen molar-refractivity contribution in [2.45, 2.75) is 24.4 Å². The van der Waals surface area contributed by atoms with E-state index in [1.807, 2.05) is 6.92 Å². The van der Waals surface area contributed by atoms with Crippen molar-refractivity contribution in [2.24, 2.45) is 5.16 Å². The molecule has 2 aliphatic rings. The van der Waals surface area contributed by atoms with E-state index in [0.717, 1.165) is 22.7 Å². The fraction of sp³-hybridized carbons (Fsp3) is 0.438. The lowest BCUT2D eigenvalue weighted by Crippen LogP contribution is -2.73. The summed E-state index contributed by atoms with van der Waals surface area (Å²) in [7, 11) is 1.30. The fourth-order valence-corrected chi connectivity index (χ4v) is 5.04. The number of alkyl halides is 1. The average Bonchev–Trinajstić information content (AvgIpc) is 3.13. The lowest BCUT2D eigenvalue weighted by Gasteiger charge is -2.53. The number of oxime groups is 1. The Morgan fingerprint density at radius 1 is 1.54 bits per heavy atom. The molecule has 150 valence electrons. The molecule has 2 saturated heterocycles. The van der Waals surface area contributed by atoms with Crippen LogP contribution in [0.2, 0.25) is 0 Å². The van der Waals surface area contributed by atoms with Crippen LogP contribution in [0.1, 0.15) is 12.6 Å². The number of halogens is 1. The Bertz CT molecular complexity index is 858. The molecule has 3 rings (SSSR count). The van der Waals surface area contributed by atoms with Crippen molar-refractivity contribution in [3.63, 3.8) is 0 Å². The van der Waals surface area contributed by atoms with Crippen LogP contribution >= 0.6 is 34.7 Å². The number of thiazole rings is 1. The van der Waals surface area contributed by atoms with Crippen molar-refractivity contribution in [3.05, 3.63) is 23.2 Å². The Hall–Kier alpha value is -2.11. The number of β-lactam (4-membered cyclic amide) rings is 1. The molecule has 0 spiro atoms. The molecule has 9 nitrogen and oxygen atoms in total. The highest BCUT2D eigenvalue weighted by atomic mass is 35.5. The summed E-state index contributed by atoms with van der Waals surface area (Å²) in [5.41, 5.74) is 1.11. The molecule has 3 atom stereocenters. The molecule has 1 aromatic rings. The van der Waals surface area contributed by atoms with Gasteiger partial charge in [0.15, 0.2) is 10.8 Å². The lowest BCUT2D eigenvalue weighted by molar-refractivity contribution is -0.150. The number of hydrogen-bond acceptors (Lipinski definition) is 8. The summed E-state index contributed by atoms with van der Waals surface area (Å²) >= 11 is 8.13. The number of hydrogen-bond donors (Lipinski definition) is 2. The van der Waals surface area contributed by atoms with Crippen molar-refractivity contribution >= 4 is 63.3 Å². The summed E-state index contributed by atoms with van der Waals surface area (Å²) in [5, 5.41) is 10.6. The van der Waals surface area contributed by atoms with Gasteiger partial charge in [0.25, 0.3) is 5.91 Å². The van der Waals surface area contributed by atoms with Gasteiger partial charge in [-0.3, -0.25) is 14.4 Å². The number of carbonyl (C=O) groups is 3. The van der Waals surface area contributed by atoms with Gasteiger partial charge in [-0.2, -0.15) is 0 Å². The van der Waals surface area contributed by atoms with Gasteiger partial charge < -0.3 is 20.4 Å². The minimum Gasteiger partial charge on any atom is -0.398 e. The van der Waals surface area contributed by atoms with E-state index < -0.39 is 17.9 Å². The lowest BCUT2D eigenvalue weighted by atomic mass is 9.99. The van der Waals surface area contributed by atoms with Crippen molar-refractivity contribution in [1.82, 2.24) is 15.2 Å². The molecule has 3 unspecified atom stereocenters. The van der Waals surface area contributed by atoms with Gasteiger partial charge in [0, 0.05) is 11.1 Å². The van der Waals surface area contributed by atoms with Gasteiger partial charge in [0.2, 0.25) is 11.8 Å². The average molecular weight is 444 g/mol. The van der Waals surface area contributed by atoms with E-state index in [-0.39, 0.29) is 39.7 Å². The Labute approximate surface area is 174 Å². The summed E-state index contributed by atoms with van der Waals surface area (Å²) in [6.45, 7) is 5.90. The smallest absolute Gasteiger partial charge is 0.276 e. The molecule has 12 heteroatoms. The predicted molar refractivity (Wildman–Crippen MR) is 109 cm³/mol.